The predicted octanol–water partition coefficient (Wildman–Crippen LogP) is 5.25. The van der Waals surface area contributed by atoms with Crippen LogP contribution in [-0.4, -0.2) is 39.3 Å². The van der Waals surface area contributed by atoms with Crippen molar-refractivity contribution in [3.05, 3.63) is 53.9 Å². The highest BCUT2D eigenvalue weighted by Crippen LogP contribution is 2.26. The van der Waals surface area contributed by atoms with Crippen LogP contribution in [0.2, 0.25) is 0 Å². The van der Waals surface area contributed by atoms with E-state index in [2.05, 4.69) is 91.4 Å². The molecule has 2 N–H and O–H groups in total. The van der Waals surface area contributed by atoms with Gasteiger partial charge in [-0.25, -0.2) is 5.10 Å². The lowest BCUT2D eigenvalue weighted by atomic mass is 10.2. The maximum atomic E-state index is 10.3. The van der Waals surface area contributed by atoms with Gasteiger partial charge in [0.1, 0.15) is 5.75 Å². The van der Waals surface area contributed by atoms with Gasteiger partial charge in [0.15, 0.2) is 5.82 Å². The van der Waals surface area contributed by atoms with Gasteiger partial charge in [-0.15, -0.1) is 0 Å². The highest BCUT2D eigenvalue weighted by atomic mass is 127. The lowest BCUT2D eigenvalue weighted by Gasteiger charge is -2.20. The number of aromatic nitrogens is 3. The van der Waals surface area contributed by atoms with Crippen LogP contribution in [0.5, 0.6) is 5.75 Å². The fourth-order valence-electron chi connectivity index (χ4n) is 2.80. The maximum absolute atomic E-state index is 10.3. The van der Waals surface area contributed by atoms with Crippen molar-refractivity contribution in [2.75, 3.05) is 18.0 Å². The van der Waals surface area contributed by atoms with Gasteiger partial charge < -0.3 is 10.0 Å². The first-order chi connectivity index (χ1) is 13.4. The molecule has 0 aliphatic rings. The van der Waals surface area contributed by atoms with Gasteiger partial charge in [0.05, 0.1) is 9.78 Å². The van der Waals surface area contributed by atoms with Crippen molar-refractivity contribution in [1.29, 1.82) is 0 Å². The number of hydrogen-bond acceptors (Lipinski definition) is 5. The number of aromatic hydroxyl groups is 1. The average molecular weight is 619 g/mol. The van der Waals surface area contributed by atoms with Gasteiger partial charge in [-0.05, 0) is 108 Å². The van der Waals surface area contributed by atoms with Crippen LogP contribution in [0.25, 0.3) is 11.4 Å². The van der Waals surface area contributed by atoms with Crippen LogP contribution in [0.15, 0.2) is 41.5 Å². The van der Waals surface area contributed by atoms with Crippen LogP contribution in [0, 0.1) is 11.9 Å². The quantitative estimate of drug-likeness (QED) is 0.225. The molecule has 0 fully saturated rings. The van der Waals surface area contributed by atoms with Crippen molar-refractivity contribution in [3.63, 3.8) is 0 Å². The monoisotopic (exact) mass is 619 g/mol. The van der Waals surface area contributed by atoms with E-state index in [1.165, 1.54) is 0 Å². The topological polar surface area (TPSA) is 69.4 Å². The molecule has 0 saturated carbocycles. The second-order valence-corrected chi connectivity index (χ2v) is 8.75. The highest BCUT2D eigenvalue weighted by molar-refractivity contribution is 14.1. The number of nitrogens with one attached hydrogen (secondary N) is 1. The number of anilines is 1. The molecule has 6 nitrogen and oxygen atoms in total. The van der Waals surface area contributed by atoms with Crippen molar-refractivity contribution < 1.29 is 5.11 Å². The van der Waals surface area contributed by atoms with Gasteiger partial charge in [-0.2, -0.15) is 14.9 Å². The van der Waals surface area contributed by atoms with Crippen LogP contribution in [-0.2, 0) is 0 Å². The molecule has 0 saturated heterocycles. The summed E-state index contributed by atoms with van der Waals surface area (Å²) in [5.41, 5.74) is 2.69. The summed E-state index contributed by atoms with van der Waals surface area (Å²) in [6.07, 6.45) is 1.60. The van der Waals surface area contributed by atoms with Crippen LogP contribution < -0.4 is 4.90 Å². The largest absolute Gasteiger partial charge is 0.506 e. The molecule has 0 aliphatic heterocycles. The molecule has 1 heterocycles. The second-order valence-electron chi connectivity index (χ2n) is 5.95. The fourth-order valence-corrected chi connectivity index (χ4v) is 4.87. The van der Waals surface area contributed by atoms with Crippen molar-refractivity contribution in [3.8, 4) is 17.1 Å². The SMILES string of the molecule is CCN(CC)c1ccc(-c2n[nH]c(=S)n2/N=C/c2cc(I)cc(I)c2O)cc1. The summed E-state index contributed by atoms with van der Waals surface area (Å²) in [5, 5.41) is 21.9. The second kappa shape index (κ2) is 9.35. The molecule has 3 aromatic rings. The van der Waals surface area contributed by atoms with E-state index in [1.54, 1.807) is 10.9 Å². The number of benzene rings is 2. The first kappa shape index (κ1) is 21.2. The molecule has 3 rings (SSSR count). The lowest BCUT2D eigenvalue weighted by molar-refractivity contribution is 0.470. The highest BCUT2D eigenvalue weighted by Gasteiger charge is 2.10. The third kappa shape index (κ3) is 4.57. The number of H-pyrrole nitrogens is 1. The number of halogens is 2. The molecule has 0 atom stereocenters. The zero-order valence-corrected chi connectivity index (χ0v) is 20.5. The Labute approximate surface area is 195 Å². The number of aromatic amines is 1. The van der Waals surface area contributed by atoms with E-state index in [0.29, 0.717) is 16.2 Å². The summed E-state index contributed by atoms with van der Waals surface area (Å²) in [7, 11) is 0. The minimum Gasteiger partial charge on any atom is -0.506 e. The Morgan fingerprint density at radius 3 is 2.54 bits per heavy atom. The molecule has 0 aliphatic carbocycles. The normalized spacial score (nSPS) is 11.3. The minimum atomic E-state index is 0.199. The third-order valence-corrected chi connectivity index (χ3v) is 5.98. The molecular weight excluding hydrogens is 600 g/mol. The van der Waals surface area contributed by atoms with Gasteiger partial charge >= 0.3 is 0 Å². The van der Waals surface area contributed by atoms with Crippen molar-refractivity contribution >= 4 is 69.3 Å². The van der Waals surface area contributed by atoms with Crippen LogP contribution in [0.1, 0.15) is 19.4 Å². The summed E-state index contributed by atoms with van der Waals surface area (Å²) in [6, 6.07) is 11.9. The molecule has 2 aromatic carbocycles. The van der Waals surface area contributed by atoms with Crippen LogP contribution >= 0.6 is 57.4 Å². The van der Waals surface area contributed by atoms with Gasteiger partial charge in [-0.1, -0.05) is 0 Å². The third-order valence-electron chi connectivity index (χ3n) is 4.27. The van der Waals surface area contributed by atoms with Gasteiger partial charge in [0.25, 0.3) is 0 Å². The van der Waals surface area contributed by atoms with Crippen molar-refractivity contribution in [2.45, 2.75) is 13.8 Å². The fraction of sp³-hybridized carbons (Fsp3) is 0.211. The Balaban J connectivity index is 1.96. The molecule has 1 aromatic heterocycles. The van der Waals surface area contributed by atoms with E-state index in [0.717, 1.165) is 31.5 Å². The molecule has 146 valence electrons. The summed E-state index contributed by atoms with van der Waals surface area (Å²) >= 11 is 9.65. The Morgan fingerprint density at radius 2 is 1.89 bits per heavy atom. The molecule has 0 radical (unpaired) electrons. The number of rotatable bonds is 6. The standard InChI is InChI=1S/C19H19I2N5OS/c1-3-25(4-2)15-7-5-12(6-8-15)18-23-24-19(28)26(18)22-11-13-9-14(20)10-16(21)17(13)27/h5-11,27H,3-4H2,1-2H3,(H,24,28)/b22-11+. The first-order valence-electron chi connectivity index (χ1n) is 8.69. The van der Waals surface area contributed by atoms with Crippen molar-refractivity contribution in [2.24, 2.45) is 5.10 Å². The van der Waals surface area contributed by atoms with E-state index >= 15 is 0 Å². The van der Waals surface area contributed by atoms with E-state index in [4.69, 9.17) is 12.2 Å². The number of phenols is 1. The average Bonchev–Trinajstić information content (AvgIpc) is 3.05. The molecule has 0 amide bonds. The Kier molecular flexibility index (Phi) is 7.10. The molecule has 0 unspecified atom stereocenters. The molecule has 28 heavy (non-hydrogen) atoms. The zero-order chi connectivity index (χ0) is 20.3. The van der Waals surface area contributed by atoms with Gasteiger partial charge in [-0.3, -0.25) is 0 Å². The molecule has 9 heteroatoms. The maximum Gasteiger partial charge on any atom is 0.216 e. The van der Waals surface area contributed by atoms with Crippen molar-refractivity contribution in [1.82, 2.24) is 14.9 Å². The van der Waals surface area contributed by atoms with E-state index < -0.39 is 0 Å². The Morgan fingerprint density at radius 1 is 1.21 bits per heavy atom. The molecular formula is C19H19I2N5OS. The van der Waals surface area contributed by atoms with E-state index in [-0.39, 0.29) is 5.75 Å². The molecule has 0 bridgehead atoms. The Hall–Kier alpha value is -1.47. The smallest absolute Gasteiger partial charge is 0.216 e. The van der Waals surface area contributed by atoms with Crippen LogP contribution in [0.4, 0.5) is 5.69 Å². The summed E-state index contributed by atoms with van der Waals surface area (Å²) in [5.74, 6) is 0.817. The van der Waals surface area contributed by atoms with Crippen LogP contribution in [0.3, 0.4) is 0 Å². The first-order valence-corrected chi connectivity index (χ1v) is 11.3. The number of hydrogen-bond donors (Lipinski definition) is 2. The molecule has 0 spiro atoms. The number of nitrogens with zero attached hydrogens (tertiary/aromatic N) is 4. The number of phenolic OH excluding ortho intramolecular Hbond substituents is 1. The summed E-state index contributed by atoms with van der Waals surface area (Å²) < 4.78 is 3.74. The van der Waals surface area contributed by atoms with E-state index in [1.807, 2.05) is 24.3 Å². The predicted molar refractivity (Wildman–Crippen MR) is 133 cm³/mol. The summed E-state index contributed by atoms with van der Waals surface area (Å²) in [4.78, 5) is 2.28. The zero-order valence-electron chi connectivity index (χ0n) is 15.4. The lowest BCUT2D eigenvalue weighted by Crippen LogP contribution is -2.21. The van der Waals surface area contributed by atoms with E-state index in [9.17, 15) is 5.11 Å². The Bertz CT molecular complexity index is 1060. The summed E-state index contributed by atoms with van der Waals surface area (Å²) in [6.45, 7) is 6.19. The van der Waals surface area contributed by atoms with Gasteiger partial charge in [0.2, 0.25) is 4.77 Å². The van der Waals surface area contributed by atoms with Gasteiger partial charge in [0, 0.05) is 33.5 Å². The minimum absolute atomic E-state index is 0.199.